The number of hydrogen-bond acceptors (Lipinski definition) is 3. The van der Waals surface area contributed by atoms with E-state index >= 15 is 0 Å². The summed E-state index contributed by atoms with van der Waals surface area (Å²) in [5.41, 5.74) is 6.06. The first-order valence-corrected chi connectivity index (χ1v) is 12.0. The van der Waals surface area contributed by atoms with Crippen LogP contribution >= 0.6 is 11.3 Å². The van der Waals surface area contributed by atoms with Crippen molar-refractivity contribution in [3.63, 3.8) is 0 Å². The van der Waals surface area contributed by atoms with Crippen molar-refractivity contribution in [3.8, 4) is 0 Å². The van der Waals surface area contributed by atoms with Gasteiger partial charge in [-0.25, -0.2) is 4.99 Å². The van der Waals surface area contributed by atoms with Gasteiger partial charge < -0.3 is 9.72 Å². The maximum absolute atomic E-state index is 5.63. The van der Waals surface area contributed by atoms with Gasteiger partial charge in [-0.15, -0.1) is 11.3 Å². The zero-order valence-electron chi connectivity index (χ0n) is 17.7. The quantitative estimate of drug-likeness (QED) is 0.538. The van der Waals surface area contributed by atoms with E-state index in [1.165, 1.54) is 61.9 Å². The Hall–Kier alpha value is -2.07. The van der Waals surface area contributed by atoms with Crippen LogP contribution in [0.5, 0.6) is 0 Å². The predicted molar refractivity (Wildman–Crippen MR) is 124 cm³/mol. The van der Waals surface area contributed by atoms with Gasteiger partial charge in [0.1, 0.15) is 11.5 Å². The predicted octanol–water partition coefficient (Wildman–Crippen LogP) is 7.23. The highest BCUT2D eigenvalue weighted by atomic mass is 32.1. The van der Waals surface area contributed by atoms with E-state index in [0.29, 0.717) is 5.92 Å². The van der Waals surface area contributed by atoms with Crippen molar-refractivity contribution >= 4 is 23.1 Å². The second-order valence-corrected chi connectivity index (χ2v) is 9.11. The fourth-order valence-electron chi connectivity index (χ4n) is 4.52. The van der Waals surface area contributed by atoms with Crippen molar-refractivity contribution in [2.45, 2.75) is 70.6 Å². The fraction of sp³-hybridized carbons (Fsp3) is 0.480. The van der Waals surface area contributed by atoms with E-state index in [2.05, 4.69) is 41.6 Å². The number of nitrogens with zero attached hydrogens (tertiary/aromatic N) is 1. The SMILES string of the molecule is CCCCC1CCCCCCc2[nH]c(/C=C3\N=C(c4cccs4)C=C3OC)cc21. The van der Waals surface area contributed by atoms with Crippen LogP contribution in [0, 0.1) is 0 Å². The molecule has 4 rings (SSSR count). The average molecular weight is 409 g/mol. The van der Waals surface area contributed by atoms with Crippen LogP contribution in [0.3, 0.4) is 0 Å². The zero-order chi connectivity index (χ0) is 20.1. The van der Waals surface area contributed by atoms with E-state index in [1.54, 1.807) is 24.0 Å². The van der Waals surface area contributed by atoms with Crippen LogP contribution in [0.4, 0.5) is 0 Å². The Morgan fingerprint density at radius 2 is 2.17 bits per heavy atom. The third-order valence-corrected chi connectivity index (χ3v) is 6.97. The minimum absolute atomic E-state index is 0.692. The minimum atomic E-state index is 0.692. The van der Waals surface area contributed by atoms with Crippen LogP contribution in [0.25, 0.3) is 6.08 Å². The van der Waals surface area contributed by atoms with Gasteiger partial charge in [0.25, 0.3) is 0 Å². The summed E-state index contributed by atoms with van der Waals surface area (Å²) in [5.74, 6) is 1.53. The molecular formula is C25H32N2OS. The third kappa shape index (κ3) is 4.75. The van der Waals surface area contributed by atoms with E-state index in [4.69, 9.17) is 9.73 Å². The molecule has 0 amide bonds. The van der Waals surface area contributed by atoms with Gasteiger partial charge in [0.15, 0.2) is 0 Å². The Kier molecular flexibility index (Phi) is 6.70. The number of hydrogen-bond donors (Lipinski definition) is 1. The maximum atomic E-state index is 5.63. The summed E-state index contributed by atoms with van der Waals surface area (Å²) < 4.78 is 5.63. The number of aromatic nitrogens is 1. The first-order valence-electron chi connectivity index (χ1n) is 11.1. The molecule has 0 spiro atoms. The van der Waals surface area contributed by atoms with Crippen LogP contribution in [-0.2, 0) is 11.2 Å². The number of allylic oxidation sites excluding steroid dienone is 1. The lowest BCUT2D eigenvalue weighted by Gasteiger charge is -2.16. The van der Waals surface area contributed by atoms with E-state index in [-0.39, 0.29) is 0 Å². The van der Waals surface area contributed by atoms with Crippen LogP contribution in [0.2, 0.25) is 0 Å². The molecule has 3 nitrogen and oxygen atoms in total. The molecule has 0 bridgehead atoms. The molecule has 0 saturated carbocycles. The summed E-state index contributed by atoms with van der Waals surface area (Å²) in [4.78, 5) is 9.76. The van der Waals surface area contributed by atoms with Gasteiger partial charge in [-0.1, -0.05) is 45.1 Å². The number of rotatable bonds is 6. The Labute approximate surface area is 178 Å². The van der Waals surface area contributed by atoms with E-state index in [0.717, 1.165) is 29.3 Å². The molecule has 0 aromatic carbocycles. The first-order chi connectivity index (χ1) is 14.3. The molecule has 1 unspecified atom stereocenters. The van der Waals surface area contributed by atoms with Crippen molar-refractivity contribution in [1.82, 2.24) is 4.98 Å². The zero-order valence-corrected chi connectivity index (χ0v) is 18.5. The smallest absolute Gasteiger partial charge is 0.146 e. The molecule has 1 atom stereocenters. The number of ether oxygens (including phenoxy) is 1. The summed E-state index contributed by atoms with van der Waals surface area (Å²) in [5, 5.41) is 2.09. The molecule has 2 aromatic heterocycles. The molecule has 1 N–H and O–H groups in total. The minimum Gasteiger partial charge on any atom is -0.494 e. The Bertz CT molecular complexity index is 901. The Balaban J connectivity index is 1.64. The largest absolute Gasteiger partial charge is 0.494 e. The molecule has 154 valence electrons. The van der Waals surface area contributed by atoms with Crippen molar-refractivity contribution in [3.05, 3.63) is 62.9 Å². The first kappa shape index (κ1) is 20.2. The summed E-state index contributed by atoms with van der Waals surface area (Å²) in [6, 6.07) is 6.56. The molecule has 1 aliphatic carbocycles. The highest BCUT2D eigenvalue weighted by Gasteiger charge is 2.21. The molecule has 4 heteroatoms. The highest BCUT2D eigenvalue weighted by Crippen LogP contribution is 2.35. The topological polar surface area (TPSA) is 37.4 Å². The number of H-pyrrole nitrogens is 1. The standard InChI is InChI=1S/C25H32N2OS/c1-3-4-10-18-11-7-5-6-8-12-21-20(18)15-19(26-21)16-22-24(28-2)17-23(27-22)25-13-9-14-29-25/h9,13-18,26H,3-8,10-12H2,1-2H3/b22-16-. The molecule has 2 aliphatic rings. The number of methoxy groups -OCH3 is 1. The van der Waals surface area contributed by atoms with Gasteiger partial charge in [0.05, 0.1) is 17.7 Å². The average Bonchev–Trinajstić information content (AvgIpc) is 3.46. The molecular weight excluding hydrogens is 376 g/mol. The molecule has 0 radical (unpaired) electrons. The summed E-state index contributed by atoms with van der Waals surface area (Å²) in [6.07, 6.45) is 16.0. The molecule has 1 aliphatic heterocycles. The maximum Gasteiger partial charge on any atom is 0.146 e. The monoisotopic (exact) mass is 408 g/mol. The van der Waals surface area contributed by atoms with E-state index in [9.17, 15) is 0 Å². The molecule has 0 fully saturated rings. The van der Waals surface area contributed by atoms with Crippen molar-refractivity contribution in [2.75, 3.05) is 7.11 Å². The number of unbranched alkanes of at least 4 members (excludes halogenated alkanes) is 1. The lowest BCUT2D eigenvalue weighted by molar-refractivity contribution is 0.303. The van der Waals surface area contributed by atoms with Crippen molar-refractivity contribution < 1.29 is 4.74 Å². The molecule has 29 heavy (non-hydrogen) atoms. The van der Waals surface area contributed by atoms with Gasteiger partial charge >= 0.3 is 0 Å². The normalized spacial score (nSPS) is 21.2. The Morgan fingerprint density at radius 3 is 2.97 bits per heavy atom. The fourth-order valence-corrected chi connectivity index (χ4v) is 5.20. The van der Waals surface area contributed by atoms with Gasteiger partial charge in [-0.2, -0.15) is 0 Å². The second kappa shape index (κ2) is 9.62. The number of nitrogens with one attached hydrogen (secondary N) is 1. The highest BCUT2D eigenvalue weighted by molar-refractivity contribution is 7.12. The summed E-state index contributed by atoms with van der Waals surface area (Å²) >= 11 is 1.71. The van der Waals surface area contributed by atoms with Gasteiger partial charge in [-0.05, 0) is 60.8 Å². The number of aliphatic imine (C=N–C) groups is 1. The van der Waals surface area contributed by atoms with Crippen LogP contribution in [0.1, 0.15) is 86.0 Å². The number of thiophene rings is 1. The summed E-state index contributed by atoms with van der Waals surface area (Å²) in [6.45, 7) is 2.30. The van der Waals surface area contributed by atoms with Gasteiger partial charge in [0.2, 0.25) is 0 Å². The second-order valence-electron chi connectivity index (χ2n) is 8.17. The lowest BCUT2D eigenvalue weighted by Crippen LogP contribution is -2.01. The number of fused-ring (bicyclic) bond motifs is 1. The summed E-state index contributed by atoms with van der Waals surface area (Å²) in [7, 11) is 1.73. The third-order valence-electron chi connectivity index (χ3n) is 6.08. The molecule has 2 aromatic rings. The van der Waals surface area contributed by atoms with Crippen molar-refractivity contribution in [1.29, 1.82) is 0 Å². The van der Waals surface area contributed by atoms with Crippen LogP contribution in [-0.4, -0.2) is 17.8 Å². The Morgan fingerprint density at radius 1 is 1.28 bits per heavy atom. The van der Waals surface area contributed by atoms with Crippen LogP contribution < -0.4 is 0 Å². The number of aryl methyl sites for hydroxylation is 1. The van der Waals surface area contributed by atoms with E-state index < -0.39 is 0 Å². The van der Waals surface area contributed by atoms with E-state index in [1.807, 2.05) is 6.08 Å². The molecule has 0 saturated heterocycles. The molecule has 3 heterocycles. The van der Waals surface area contributed by atoms with Gasteiger partial charge in [0, 0.05) is 17.5 Å². The van der Waals surface area contributed by atoms with Gasteiger partial charge in [-0.3, -0.25) is 0 Å². The van der Waals surface area contributed by atoms with Crippen LogP contribution in [0.15, 0.2) is 46.1 Å². The number of aromatic amines is 1. The lowest BCUT2D eigenvalue weighted by atomic mass is 9.89. The van der Waals surface area contributed by atoms with Crippen molar-refractivity contribution in [2.24, 2.45) is 4.99 Å².